The van der Waals surface area contributed by atoms with Gasteiger partial charge >= 0.3 is 0 Å². The Morgan fingerprint density at radius 1 is 1.00 bits per heavy atom. The quantitative estimate of drug-likeness (QED) is 0.241. The highest BCUT2D eigenvalue weighted by Crippen LogP contribution is 2.43. The van der Waals surface area contributed by atoms with Gasteiger partial charge in [0.1, 0.15) is 17.3 Å². The number of ether oxygens (including phenoxy) is 2. The van der Waals surface area contributed by atoms with Gasteiger partial charge in [0, 0.05) is 11.3 Å². The highest BCUT2D eigenvalue weighted by Gasteiger charge is 2.47. The molecule has 36 heavy (non-hydrogen) atoms. The van der Waals surface area contributed by atoms with Gasteiger partial charge in [-0.15, -0.1) is 0 Å². The second-order valence-electron chi connectivity index (χ2n) is 8.79. The third kappa shape index (κ3) is 4.71. The van der Waals surface area contributed by atoms with Crippen LogP contribution in [0, 0.1) is 6.92 Å². The summed E-state index contributed by atoms with van der Waals surface area (Å²) in [6.45, 7) is 6.56. The fourth-order valence-electron chi connectivity index (χ4n) is 4.44. The SMILES string of the molecule is CCCOc1ccc(/C(O)=C2/C(=O)C(=O)N(c3ccc(CC)cc3)C2c2cccc(OC)c2)cc1C. The van der Waals surface area contributed by atoms with Crippen molar-refractivity contribution in [1.29, 1.82) is 0 Å². The van der Waals surface area contributed by atoms with Crippen LogP contribution in [0.3, 0.4) is 0 Å². The largest absolute Gasteiger partial charge is 0.507 e. The molecule has 4 rings (SSSR count). The number of carbonyl (C=O) groups is 2. The Balaban J connectivity index is 1.87. The molecule has 1 saturated heterocycles. The van der Waals surface area contributed by atoms with Crippen molar-refractivity contribution in [3.8, 4) is 11.5 Å². The minimum atomic E-state index is -0.816. The van der Waals surface area contributed by atoms with Gasteiger partial charge in [-0.25, -0.2) is 0 Å². The molecule has 6 heteroatoms. The summed E-state index contributed by atoms with van der Waals surface area (Å²) in [5, 5.41) is 11.4. The van der Waals surface area contributed by atoms with E-state index in [1.54, 1.807) is 43.5 Å². The number of aryl methyl sites for hydroxylation is 2. The van der Waals surface area contributed by atoms with Crippen LogP contribution >= 0.6 is 0 Å². The number of hydrogen-bond acceptors (Lipinski definition) is 5. The Morgan fingerprint density at radius 3 is 2.39 bits per heavy atom. The predicted octanol–water partition coefficient (Wildman–Crippen LogP) is 5.98. The molecule has 0 aliphatic carbocycles. The molecule has 1 fully saturated rings. The summed E-state index contributed by atoms with van der Waals surface area (Å²) < 4.78 is 11.2. The Bertz CT molecular complexity index is 1310. The van der Waals surface area contributed by atoms with Crippen LogP contribution in [-0.2, 0) is 16.0 Å². The first-order valence-corrected chi connectivity index (χ1v) is 12.2. The molecule has 0 saturated carbocycles. The molecule has 1 aliphatic rings. The van der Waals surface area contributed by atoms with Crippen molar-refractivity contribution < 1.29 is 24.2 Å². The topological polar surface area (TPSA) is 76.1 Å². The van der Waals surface area contributed by atoms with Crippen molar-refractivity contribution >= 4 is 23.1 Å². The smallest absolute Gasteiger partial charge is 0.300 e. The van der Waals surface area contributed by atoms with Crippen LogP contribution in [0.15, 0.2) is 72.3 Å². The molecule has 3 aromatic carbocycles. The minimum absolute atomic E-state index is 0.0365. The molecule has 1 heterocycles. The average Bonchev–Trinajstić information content (AvgIpc) is 3.17. The second kappa shape index (κ2) is 10.7. The van der Waals surface area contributed by atoms with Crippen molar-refractivity contribution in [1.82, 2.24) is 0 Å². The maximum atomic E-state index is 13.4. The predicted molar refractivity (Wildman–Crippen MR) is 141 cm³/mol. The van der Waals surface area contributed by atoms with Gasteiger partial charge in [-0.05, 0) is 78.9 Å². The molecule has 1 aliphatic heterocycles. The van der Waals surface area contributed by atoms with Gasteiger partial charge in [-0.1, -0.05) is 38.1 Å². The van der Waals surface area contributed by atoms with Gasteiger partial charge in [0.25, 0.3) is 11.7 Å². The first kappa shape index (κ1) is 25.0. The van der Waals surface area contributed by atoms with Gasteiger partial charge in [0.05, 0.1) is 25.3 Å². The molecule has 186 valence electrons. The normalized spacial score (nSPS) is 16.9. The zero-order valence-electron chi connectivity index (χ0n) is 21.1. The van der Waals surface area contributed by atoms with E-state index >= 15 is 0 Å². The van der Waals surface area contributed by atoms with E-state index in [1.165, 1.54) is 4.90 Å². The molecule has 1 unspecified atom stereocenters. The molecule has 1 atom stereocenters. The van der Waals surface area contributed by atoms with E-state index in [1.807, 2.05) is 44.2 Å². The molecular formula is C30H31NO5. The Hall–Kier alpha value is -4.06. The summed E-state index contributed by atoms with van der Waals surface area (Å²) in [5.41, 5.74) is 3.68. The number of benzene rings is 3. The van der Waals surface area contributed by atoms with Crippen LogP contribution in [-0.4, -0.2) is 30.5 Å². The average molecular weight is 486 g/mol. The fraction of sp³-hybridized carbons (Fsp3) is 0.267. The lowest BCUT2D eigenvalue weighted by Crippen LogP contribution is -2.29. The van der Waals surface area contributed by atoms with Gasteiger partial charge in [0.15, 0.2) is 0 Å². The highest BCUT2D eigenvalue weighted by atomic mass is 16.5. The lowest BCUT2D eigenvalue weighted by molar-refractivity contribution is -0.132. The standard InChI is InChI=1S/C30H31NO5/c1-5-16-36-25-15-12-22(17-19(25)3)28(32)26-27(21-8-7-9-24(18-21)35-4)31(30(34)29(26)33)23-13-10-20(6-2)11-14-23/h7-15,17-18,27,32H,5-6,16H2,1-4H3/b28-26-. The van der Waals surface area contributed by atoms with Crippen LogP contribution in [0.4, 0.5) is 5.69 Å². The van der Waals surface area contributed by atoms with Gasteiger partial charge in [-0.3, -0.25) is 14.5 Å². The number of aliphatic hydroxyl groups excluding tert-OH is 1. The lowest BCUT2D eigenvalue weighted by Gasteiger charge is -2.26. The number of Topliss-reactive ketones (excluding diaryl/α,β-unsaturated/α-hetero) is 1. The van der Waals surface area contributed by atoms with Crippen LogP contribution in [0.5, 0.6) is 11.5 Å². The molecule has 6 nitrogen and oxygen atoms in total. The Kier molecular flexibility index (Phi) is 7.44. The van der Waals surface area contributed by atoms with E-state index in [-0.39, 0.29) is 11.3 Å². The number of amides is 1. The minimum Gasteiger partial charge on any atom is -0.507 e. The molecule has 0 radical (unpaired) electrons. The van der Waals surface area contributed by atoms with E-state index < -0.39 is 17.7 Å². The molecule has 0 bridgehead atoms. The number of nitrogens with zero attached hydrogens (tertiary/aromatic N) is 1. The van der Waals surface area contributed by atoms with E-state index in [9.17, 15) is 14.7 Å². The number of methoxy groups -OCH3 is 1. The molecular weight excluding hydrogens is 454 g/mol. The van der Waals surface area contributed by atoms with Gasteiger partial charge in [0.2, 0.25) is 0 Å². The van der Waals surface area contributed by atoms with Crippen molar-refractivity contribution in [2.24, 2.45) is 0 Å². The number of aliphatic hydroxyl groups is 1. The zero-order valence-corrected chi connectivity index (χ0v) is 21.1. The molecule has 1 N–H and O–H groups in total. The summed E-state index contributed by atoms with van der Waals surface area (Å²) in [7, 11) is 1.56. The van der Waals surface area contributed by atoms with Gasteiger partial charge in [-0.2, -0.15) is 0 Å². The fourth-order valence-corrected chi connectivity index (χ4v) is 4.44. The highest BCUT2D eigenvalue weighted by molar-refractivity contribution is 6.51. The second-order valence-corrected chi connectivity index (χ2v) is 8.79. The first-order valence-electron chi connectivity index (χ1n) is 12.2. The number of anilines is 1. The Morgan fingerprint density at radius 2 is 1.75 bits per heavy atom. The third-order valence-corrected chi connectivity index (χ3v) is 6.39. The number of carbonyl (C=O) groups excluding carboxylic acids is 2. The van der Waals surface area contributed by atoms with Crippen LogP contribution in [0.2, 0.25) is 0 Å². The first-order chi connectivity index (χ1) is 17.4. The summed E-state index contributed by atoms with van der Waals surface area (Å²) in [6.07, 6.45) is 1.74. The van der Waals surface area contributed by atoms with Gasteiger partial charge < -0.3 is 14.6 Å². The van der Waals surface area contributed by atoms with E-state index in [4.69, 9.17) is 9.47 Å². The summed E-state index contributed by atoms with van der Waals surface area (Å²) in [4.78, 5) is 28.2. The third-order valence-electron chi connectivity index (χ3n) is 6.39. The molecule has 1 amide bonds. The summed E-state index contributed by atoms with van der Waals surface area (Å²) in [6, 6.07) is 19.2. The number of hydrogen-bond donors (Lipinski definition) is 1. The monoisotopic (exact) mass is 485 g/mol. The van der Waals surface area contributed by atoms with Crippen molar-refractivity contribution in [3.05, 3.63) is 94.6 Å². The van der Waals surface area contributed by atoms with Crippen LogP contribution in [0.25, 0.3) is 5.76 Å². The van der Waals surface area contributed by atoms with Crippen molar-refractivity contribution in [3.63, 3.8) is 0 Å². The van der Waals surface area contributed by atoms with E-state index in [0.717, 1.165) is 24.0 Å². The number of ketones is 1. The zero-order chi connectivity index (χ0) is 25.8. The Labute approximate surface area is 211 Å². The maximum Gasteiger partial charge on any atom is 0.300 e. The van der Waals surface area contributed by atoms with Crippen LogP contribution in [0.1, 0.15) is 48.6 Å². The van der Waals surface area contributed by atoms with Crippen LogP contribution < -0.4 is 14.4 Å². The number of rotatable bonds is 8. The van der Waals surface area contributed by atoms with Crippen molar-refractivity contribution in [2.45, 2.75) is 39.7 Å². The summed E-state index contributed by atoms with van der Waals surface area (Å²) in [5.74, 6) is -0.335. The maximum absolute atomic E-state index is 13.4. The lowest BCUT2D eigenvalue weighted by atomic mass is 9.94. The molecule has 0 aromatic heterocycles. The molecule has 3 aromatic rings. The van der Waals surface area contributed by atoms with Crippen molar-refractivity contribution in [2.75, 3.05) is 18.6 Å². The summed E-state index contributed by atoms with van der Waals surface area (Å²) >= 11 is 0. The molecule has 0 spiro atoms. The van der Waals surface area contributed by atoms with E-state index in [0.29, 0.717) is 34.9 Å². The van der Waals surface area contributed by atoms with E-state index in [2.05, 4.69) is 6.92 Å².